The first-order valence-corrected chi connectivity index (χ1v) is 17.9. The Morgan fingerprint density at radius 3 is 1.58 bits per heavy atom. The standard InChI is InChI=1S/C41H34N4O7S.2H2/c1-24-20-30(36(46)28-12-7-5-8-13-28)21-25(2)38(24)51-34-19-18-32(40(48)45-53(49,50)35-17-11-16-33(42)43-35)41(44-34)52-39-26(3)22-31(23-27(39)4)37(47)29-14-9-6-10-15-29;;/h5-23H,1-4H3,(H2,42,43)(H,45,48);2*1H. The van der Waals surface area contributed by atoms with Gasteiger partial charge in [0.2, 0.25) is 11.8 Å². The van der Waals surface area contributed by atoms with E-state index in [9.17, 15) is 22.8 Å². The number of carbonyl (C=O) groups is 3. The van der Waals surface area contributed by atoms with Crippen LogP contribution in [0.25, 0.3) is 0 Å². The number of aromatic nitrogens is 2. The minimum atomic E-state index is -4.45. The van der Waals surface area contributed by atoms with Gasteiger partial charge in [0.05, 0.1) is 0 Å². The van der Waals surface area contributed by atoms with E-state index in [1.165, 1.54) is 30.3 Å². The number of aryl methyl sites for hydroxylation is 4. The number of ether oxygens (including phenoxy) is 2. The molecule has 0 aliphatic rings. The maximum absolute atomic E-state index is 13.6. The third-order valence-corrected chi connectivity index (χ3v) is 9.48. The summed E-state index contributed by atoms with van der Waals surface area (Å²) >= 11 is 0. The van der Waals surface area contributed by atoms with Crippen molar-refractivity contribution < 1.29 is 35.1 Å². The highest BCUT2D eigenvalue weighted by Crippen LogP contribution is 2.35. The van der Waals surface area contributed by atoms with Gasteiger partial charge in [0.15, 0.2) is 16.6 Å². The van der Waals surface area contributed by atoms with Gasteiger partial charge in [0, 0.05) is 31.2 Å². The number of benzene rings is 4. The molecule has 270 valence electrons. The third-order valence-electron chi connectivity index (χ3n) is 8.25. The normalized spacial score (nSPS) is 11.1. The van der Waals surface area contributed by atoms with E-state index >= 15 is 0 Å². The molecule has 3 N–H and O–H groups in total. The SMILES string of the molecule is Cc1cc(C(=O)c2ccccc2)cc(C)c1Oc1ccc(C(=O)NS(=O)(=O)c2cccc(N)n2)c(Oc2c(C)cc(C(=O)c3ccccc3)cc2C)n1.[HH].[HH]. The number of anilines is 1. The van der Waals surface area contributed by atoms with Crippen molar-refractivity contribution in [2.75, 3.05) is 5.73 Å². The summed E-state index contributed by atoms with van der Waals surface area (Å²) in [7, 11) is -4.45. The molecule has 0 saturated heterocycles. The van der Waals surface area contributed by atoms with Gasteiger partial charge in [-0.1, -0.05) is 66.7 Å². The topological polar surface area (TPSA) is 168 Å². The highest BCUT2D eigenvalue weighted by Gasteiger charge is 2.26. The number of sulfonamides is 1. The molecule has 0 aliphatic heterocycles. The highest BCUT2D eigenvalue weighted by atomic mass is 32.2. The van der Waals surface area contributed by atoms with E-state index in [2.05, 4.69) is 9.97 Å². The molecule has 53 heavy (non-hydrogen) atoms. The number of nitrogens with zero attached hydrogens (tertiary/aromatic N) is 2. The minimum Gasteiger partial charge on any atom is -0.438 e. The number of nitrogens with two attached hydrogens (primary N) is 1. The molecule has 2 heterocycles. The monoisotopic (exact) mass is 730 g/mol. The van der Waals surface area contributed by atoms with Gasteiger partial charge in [-0.2, -0.15) is 13.4 Å². The molecule has 0 spiro atoms. The molecule has 0 unspecified atom stereocenters. The van der Waals surface area contributed by atoms with Gasteiger partial charge in [-0.15, -0.1) is 0 Å². The number of rotatable bonds is 11. The largest absolute Gasteiger partial charge is 0.438 e. The van der Waals surface area contributed by atoms with Crippen LogP contribution in [0.3, 0.4) is 0 Å². The first-order chi connectivity index (χ1) is 25.3. The molecule has 0 bridgehead atoms. The zero-order chi connectivity index (χ0) is 37.9. The summed E-state index contributed by atoms with van der Waals surface area (Å²) in [6.07, 6.45) is 0. The predicted molar refractivity (Wildman–Crippen MR) is 203 cm³/mol. The lowest BCUT2D eigenvalue weighted by Crippen LogP contribution is -2.31. The van der Waals surface area contributed by atoms with Gasteiger partial charge >= 0.3 is 0 Å². The molecule has 0 atom stereocenters. The van der Waals surface area contributed by atoms with Gasteiger partial charge in [0.1, 0.15) is 22.9 Å². The second kappa shape index (κ2) is 14.9. The number of hydrogen-bond donors (Lipinski definition) is 2. The van der Waals surface area contributed by atoms with Crippen LogP contribution in [0, 0.1) is 27.7 Å². The van der Waals surface area contributed by atoms with Crippen LogP contribution >= 0.6 is 0 Å². The number of nitrogen functional groups attached to an aromatic ring is 1. The van der Waals surface area contributed by atoms with Crippen molar-refractivity contribution in [1.82, 2.24) is 14.7 Å². The lowest BCUT2D eigenvalue weighted by atomic mass is 9.98. The Balaban J connectivity index is 0.00000336. The van der Waals surface area contributed by atoms with Crippen LogP contribution in [0.5, 0.6) is 23.3 Å². The van der Waals surface area contributed by atoms with Crippen molar-refractivity contribution >= 4 is 33.3 Å². The van der Waals surface area contributed by atoms with Gasteiger partial charge in [-0.25, -0.2) is 9.71 Å². The average molecular weight is 731 g/mol. The van der Waals surface area contributed by atoms with Crippen molar-refractivity contribution in [1.29, 1.82) is 0 Å². The summed E-state index contributed by atoms with van der Waals surface area (Å²) in [5.41, 5.74) is 9.86. The number of ketones is 2. The molecular formula is C41H38N4O7S. The molecule has 2 aromatic heterocycles. The summed E-state index contributed by atoms with van der Waals surface area (Å²) in [5.74, 6) is -0.938. The minimum absolute atomic E-state index is 0. The van der Waals surface area contributed by atoms with Gasteiger partial charge in [0.25, 0.3) is 15.9 Å². The molecule has 0 aliphatic carbocycles. The molecule has 6 rings (SSSR count). The molecule has 12 heteroatoms. The number of amides is 1. The van der Waals surface area contributed by atoms with Crippen molar-refractivity contribution in [3.63, 3.8) is 0 Å². The van der Waals surface area contributed by atoms with Gasteiger partial charge < -0.3 is 15.2 Å². The fourth-order valence-corrected chi connectivity index (χ4v) is 6.68. The Hall–Kier alpha value is -6.66. The molecule has 6 aromatic rings. The zero-order valence-electron chi connectivity index (χ0n) is 29.2. The number of nitrogens with one attached hydrogen (secondary N) is 1. The second-order valence-corrected chi connectivity index (χ2v) is 13.9. The fraction of sp³-hybridized carbons (Fsp3) is 0.0976. The third kappa shape index (κ3) is 7.97. The first-order valence-electron chi connectivity index (χ1n) is 16.4. The van der Waals surface area contributed by atoms with Crippen molar-refractivity contribution in [3.8, 4) is 23.3 Å². The van der Waals surface area contributed by atoms with E-state index in [1.807, 2.05) is 16.9 Å². The molecular weight excluding hydrogens is 693 g/mol. The lowest BCUT2D eigenvalue weighted by Gasteiger charge is -2.17. The average Bonchev–Trinajstić information content (AvgIpc) is 3.14. The quantitative estimate of drug-likeness (QED) is 0.125. The first kappa shape index (κ1) is 36.1. The molecule has 11 nitrogen and oxygen atoms in total. The van der Waals surface area contributed by atoms with Crippen LogP contribution in [0.2, 0.25) is 0 Å². The summed E-state index contributed by atoms with van der Waals surface area (Å²) in [4.78, 5) is 48.3. The number of carbonyl (C=O) groups excluding carboxylic acids is 3. The molecule has 0 fully saturated rings. The molecule has 4 aromatic carbocycles. The van der Waals surface area contributed by atoms with Crippen LogP contribution in [0.1, 0.15) is 67.3 Å². The molecule has 0 saturated carbocycles. The smallest absolute Gasteiger partial charge is 0.281 e. The zero-order valence-corrected chi connectivity index (χ0v) is 30.0. The van der Waals surface area contributed by atoms with Gasteiger partial charge in [-0.3, -0.25) is 14.4 Å². The van der Waals surface area contributed by atoms with E-state index in [0.717, 1.165) is 0 Å². The Bertz CT molecular complexity index is 2470. The second-order valence-electron chi connectivity index (χ2n) is 12.3. The summed E-state index contributed by atoms with van der Waals surface area (Å²) in [6, 6.07) is 31.3. The predicted octanol–water partition coefficient (Wildman–Crippen LogP) is 7.95. The van der Waals surface area contributed by atoms with Crippen molar-refractivity contribution in [2.24, 2.45) is 0 Å². The Morgan fingerprint density at radius 1 is 0.604 bits per heavy atom. The van der Waals surface area contributed by atoms with E-state index in [1.54, 1.807) is 100 Å². The Morgan fingerprint density at radius 2 is 1.09 bits per heavy atom. The maximum Gasteiger partial charge on any atom is 0.281 e. The van der Waals surface area contributed by atoms with Crippen LogP contribution in [0.4, 0.5) is 5.82 Å². The van der Waals surface area contributed by atoms with Crippen LogP contribution in [-0.2, 0) is 10.0 Å². The van der Waals surface area contributed by atoms with E-state index in [0.29, 0.717) is 56.0 Å². The summed E-state index contributed by atoms with van der Waals surface area (Å²) < 4.78 is 40.7. The van der Waals surface area contributed by atoms with Crippen molar-refractivity contribution in [3.05, 3.63) is 165 Å². The van der Waals surface area contributed by atoms with Crippen LogP contribution in [-0.4, -0.2) is 35.9 Å². The number of hydrogen-bond acceptors (Lipinski definition) is 10. The van der Waals surface area contributed by atoms with Crippen molar-refractivity contribution in [2.45, 2.75) is 32.7 Å². The Kier molecular flexibility index (Phi) is 10.2. The highest BCUT2D eigenvalue weighted by molar-refractivity contribution is 7.90. The van der Waals surface area contributed by atoms with Crippen LogP contribution in [0.15, 0.2) is 120 Å². The maximum atomic E-state index is 13.6. The summed E-state index contributed by atoms with van der Waals surface area (Å²) in [6.45, 7) is 7.07. The van der Waals surface area contributed by atoms with E-state index in [4.69, 9.17) is 15.2 Å². The van der Waals surface area contributed by atoms with E-state index < -0.39 is 21.0 Å². The van der Waals surface area contributed by atoms with Crippen LogP contribution < -0.4 is 19.9 Å². The lowest BCUT2D eigenvalue weighted by molar-refractivity contribution is 0.0976. The fourth-order valence-electron chi connectivity index (χ4n) is 5.74. The molecule has 0 radical (unpaired) electrons. The number of pyridine rings is 2. The Labute approximate surface area is 309 Å². The summed E-state index contributed by atoms with van der Waals surface area (Å²) in [5, 5.41) is -0.452. The van der Waals surface area contributed by atoms with E-state index in [-0.39, 0.29) is 37.6 Å². The molecule has 1 amide bonds. The van der Waals surface area contributed by atoms with Gasteiger partial charge in [-0.05, 0) is 92.4 Å².